The van der Waals surface area contributed by atoms with E-state index < -0.39 is 0 Å². The molecule has 0 saturated carbocycles. The Kier molecular flexibility index (Phi) is 3.18. The Balaban J connectivity index is 2.32. The van der Waals surface area contributed by atoms with Crippen molar-refractivity contribution in [3.63, 3.8) is 0 Å². The first-order chi connectivity index (χ1) is 9.47. The van der Waals surface area contributed by atoms with Gasteiger partial charge in [-0.15, -0.1) is 0 Å². The lowest BCUT2D eigenvalue weighted by atomic mass is 10.2. The second kappa shape index (κ2) is 4.75. The van der Waals surface area contributed by atoms with E-state index in [1.54, 1.807) is 23.6 Å². The number of imidazole rings is 1. The van der Waals surface area contributed by atoms with Crippen LogP contribution in [0.5, 0.6) is 0 Å². The molecule has 0 aliphatic carbocycles. The van der Waals surface area contributed by atoms with Gasteiger partial charge in [-0.05, 0) is 52.7 Å². The van der Waals surface area contributed by atoms with Crippen LogP contribution in [0.3, 0.4) is 0 Å². The van der Waals surface area contributed by atoms with E-state index in [4.69, 9.17) is 17.3 Å². The van der Waals surface area contributed by atoms with Crippen LogP contribution < -0.4 is 5.73 Å². The number of rotatable bonds is 1. The highest BCUT2D eigenvalue weighted by molar-refractivity contribution is 9.10. The second-order valence-corrected chi connectivity index (χ2v) is 5.76. The maximum absolute atomic E-state index is 13.6. The Morgan fingerprint density at radius 3 is 2.75 bits per heavy atom. The Bertz CT molecular complexity index is 829. The first kappa shape index (κ1) is 13.4. The molecule has 0 bridgehead atoms. The van der Waals surface area contributed by atoms with E-state index >= 15 is 0 Å². The van der Waals surface area contributed by atoms with Crippen molar-refractivity contribution in [1.82, 2.24) is 9.55 Å². The largest absolute Gasteiger partial charge is 0.369 e. The maximum Gasteiger partial charge on any atom is 0.205 e. The van der Waals surface area contributed by atoms with Gasteiger partial charge in [-0.3, -0.25) is 4.57 Å². The highest BCUT2D eigenvalue weighted by atomic mass is 79.9. The monoisotopic (exact) mass is 353 g/mol. The molecule has 0 unspecified atom stereocenters. The van der Waals surface area contributed by atoms with Gasteiger partial charge >= 0.3 is 0 Å². The summed E-state index contributed by atoms with van der Waals surface area (Å²) in [5.74, 6) is -0.000576. The average Bonchev–Trinajstić information content (AvgIpc) is 2.69. The van der Waals surface area contributed by atoms with Crippen molar-refractivity contribution in [3.05, 3.63) is 51.2 Å². The van der Waals surface area contributed by atoms with Crippen molar-refractivity contribution in [1.29, 1.82) is 0 Å². The zero-order valence-electron chi connectivity index (χ0n) is 10.5. The molecule has 6 heteroatoms. The summed E-state index contributed by atoms with van der Waals surface area (Å²) < 4.78 is 16.1. The van der Waals surface area contributed by atoms with E-state index in [2.05, 4.69) is 20.9 Å². The average molecular weight is 355 g/mol. The van der Waals surface area contributed by atoms with Gasteiger partial charge in [-0.1, -0.05) is 11.6 Å². The van der Waals surface area contributed by atoms with Gasteiger partial charge in [0.2, 0.25) is 5.95 Å². The number of nitrogens with two attached hydrogens (primary N) is 1. The molecule has 0 amide bonds. The third-order valence-electron chi connectivity index (χ3n) is 3.12. The van der Waals surface area contributed by atoms with E-state index in [-0.39, 0.29) is 5.82 Å². The van der Waals surface area contributed by atoms with Crippen molar-refractivity contribution in [2.45, 2.75) is 6.92 Å². The minimum Gasteiger partial charge on any atom is -0.369 e. The summed E-state index contributed by atoms with van der Waals surface area (Å²) in [6, 6.07) is 8.59. The van der Waals surface area contributed by atoms with Crippen molar-refractivity contribution < 1.29 is 4.39 Å². The summed E-state index contributed by atoms with van der Waals surface area (Å²) in [6.07, 6.45) is 0. The van der Waals surface area contributed by atoms with Crippen LogP contribution in [0.1, 0.15) is 5.56 Å². The summed E-state index contributed by atoms with van der Waals surface area (Å²) in [4.78, 5) is 4.19. The fraction of sp³-hybridized carbons (Fsp3) is 0.0714. The number of aryl methyl sites for hydroxylation is 1. The fourth-order valence-electron chi connectivity index (χ4n) is 2.12. The molecule has 0 aliphatic heterocycles. The third kappa shape index (κ3) is 2.07. The number of hydrogen-bond donors (Lipinski definition) is 1. The normalized spacial score (nSPS) is 11.2. The lowest BCUT2D eigenvalue weighted by molar-refractivity contribution is 0.620. The van der Waals surface area contributed by atoms with E-state index in [1.165, 1.54) is 6.07 Å². The van der Waals surface area contributed by atoms with Gasteiger partial charge in [0, 0.05) is 10.5 Å². The number of nitrogen functional groups attached to an aromatic ring is 1. The van der Waals surface area contributed by atoms with Crippen LogP contribution in [0.2, 0.25) is 5.02 Å². The lowest BCUT2D eigenvalue weighted by Gasteiger charge is -2.08. The van der Waals surface area contributed by atoms with Gasteiger partial charge in [0.05, 0.1) is 21.7 Å². The number of hydrogen-bond acceptors (Lipinski definition) is 2. The molecule has 2 N–H and O–H groups in total. The molecule has 0 atom stereocenters. The van der Waals surface area contributed by atoms with E-state index in [0.29, 0.717) is 22.1 Å². The van der Waals surface area contributed by atoms with Gasteiger partial charge in [0.15, 0.2) is 0 Å². The van der Waals surface area contributed by atoms with Crippen LogP contribution in [0.25, 0.3) is 16.7 Å². The van der Waals surface area contributed by atoms with Crippen molar-refractivity contribution in [2.24, 2.45) is 0 Å². The molecule has 3 rings (SSSR count). The topological polar surface area (TPSA) is 43.8 Å². The molecule has 0 spiro atoms. The molecule has 102 valence electrons. The number of fused-ring (bicyclic) bond motifs is 1. The molecule has 0 aliphatic rings. The lowest BCUT2D eigenvalue weighted by Crippen LogP contribution is -2.00. The number of aromatic nitrogens is 2. The molecule has 20 heavy (non-hydrogen) atoms. The Morgan fingerprint density at radius 1 is 1.30 bits per heavy atom. The Morgan fingerprint density at radius 2 is 2.05 bits per heavy atom. The number of nitrogens with zero attached hydrogens (tertiary/aromatic N) is 2. The second-order valence-electron chi connectivity index (χ2n) is 4.49. The van der Waals surface area contributed by atoms with Crippen molar-refractivity contribution >= 4 is 44.5 Å². The summed E-state index contributed by atoms with van der Waals surface area (Å²) in [5.41, 5.74) is 8.54. The zero-order chi connectivity index (χ0) is 14.4. The van der Waals surface area contributed by atoms with E-state index in [1.807, 2.05) is 12.1 Å². The number of anilines is 1. The minimum absolute atomic E-state index is 0.295. The van der Waals surface area contributed by atoms with Crippen LogP contribution in [0.4, 0.5) is 10.3 Å². The van der Waals surface area contributed by atoms with Crippen LogP contribution in [-0.2, 0) is 0 Å². The standard InChI is InChI=1S/C14H10BrClFN3/c1-7-4-13-12(6-11(7)17)19-14(18)20(13)8-2-3-9(15)10(16)5-8/h2-6H,1H3,(H2,18,19). The molecule has 3 aromatic rings. The van der Waals surface area contributed by atoms with Crippen molar-refractivity contribution in [2.75, 3.05) is 5.73 Å². The molecular weight excluding hydrogens is 345 g/mol. The molecular formula is C14H10BrClFN3. The van der Waals surface area contributed by atoms with Gasteiger partial charge in [-0.2, -0.15) is 0 Å². The fourth-order valence-corrected chi connectivity index (χ4v) is 2.54. The quantitative estimate of drug-likeness (QED) is 0.700. The van der Waals surface area contributed by atoms with Gasteiger partial charge in [-0.25, -0.2) is 9.37 Å². The molecule has 1 heterocycles. The number of halogens is 3. The molecule has 2 aromatic carbocycles. The summed E-state index contributed by atoms with van der Waals surface area (Å²) in [5, 5.41) is 0.572. The summed E-state index contributed by atoms with van der Waals surface area (Å²) in [7, 11) is 0. The SMILES string of the molecule is Cc1cc2c(cc1F)nc(N)n2-c1ccc(Br)c(Cl)c1. The maximum atomic E-state index is 13.6. The molecule has 3 nitrogen and oxygen atoms in total. The zero-order valence-corrected chi connectivity index (χ0v) is 12.8. The predicted molar refractivity (Wildman–Crippen MR) is 82.9 cm³/mol. The van der Waals surface area contributed by atoms with E-state index in [0.717, 1.165) is 15.7 Å². The molecule has 0 saturated heterocycles. The van der Waals surface area contributed by atoms with Crippen molar-refractivity contribution in [3.8, 4) is 5.69 Å². The predicted octanol–water partition coefficient (Wildman–Crippen LogP) is 4.47. The minimum atomic E-state index is -0.295. The highest BCUT2D eigenvalue weighted by Gasteiger charge is 2.13. The van der Waals surface area contributed by atoms with Crippen LogP contribution >= 0.6 is 27.5 Å². The Hall–Kier alpha value is -1.59. The van der Waals surface area contributed by atoms with Gasteiger partial charge < -0.3 is 5.73 Å². The van der Waals surface area contributed by atoms with Crippen LogP contribution in [0, 0.1) is 12.7 Å². The van der Waals surface area contributed by atoms with Crippen LogP contribution in [-0.4, -0.2) is 9.55 Å². The molecule has 0 radical (unpaired) electrons. The smallest absolute Gasteiger partial charge is 0.205 e. The molecule has 1 aromatic heterocycles. The van der Waals surface area contributed by atoms with Crippen LogP contribution in [0.15, 0.2) is 34.8 Å². The highest BCUT2D eigenvalue weighted by Crippen LogP contribution is 2.29. The first-order valence-corrected chi connectivity index (χ1v) is 7.04. The van der Waals surface area contributed by atoms with Gasteiger partial charge in [0.1, 0.15) is 5.82 Å². The number of benzene rings is 2. The summed E-state index contributed by atoms with van der Waals surface area (Å²) in [6.45, 7) is 1.71. The first-order valence-electron chi connectivity index (χ1n) is 5.87. The molecule has 0 fully saturated rings. The Labute approximate surface area is 128 Å². The summed E-state index contributed by atoms with van der Waals surface area (Å²) >= 11 is 9.45. The van der Waals surface area contributed by atoms with Gasteiger partial charge in [0.25, 0.3) is 0 Å². The third-order valence-corrected chi connectivity index (χ3v) is 4.35. The van der Waals surface area contributed by atoms with E-state index in [9.17, 15) is 4.39 Å².